The van der Waals surface area contributed by atoms with Crippen molar-refractivity contribution in [3.63, 3.8) is 0 Å². The SMILES string of the molecule is NC(=O)C1=CC(F)=C(N[C@H](CC2COC2)C(N)=O)NC1. The summed E-state index contributed by atoms with van der Waals surface area (Å²) < 4.78 is 18.8. The molecule has 20 heavy (non-hydrogen) atoms. The maximum absolute atomic E-state index is 13.8. The molecule has 0 aromatic heterocycles. The zero-order chi connectivity index (χ0) is 14.7. The van der Waals surface area contributed by atoms with Gasteiger partial charge in [-0.05, 0) is 12.5 Å². The summed E-state index contributed by atoms with van der Waals surface area (Å²) in [5.41, 5.74) is 10.5. The largest absolute Gasteiger partial charge is 0.381 e. The van der Waals surface area contributed by atoms with Crippen LogP contribution in [-0.4, -0.2) is 37.6 Å². The summed E-state index contributed by atoms with van der Waals surface area (Å²) >= 11 is 0. The highest BCUT2D eigenvalue weighted by atomic mass is 19.1. The molecule has 2 aliphatic rings. The van der Waals surface area contributed by atoms with Crippen LogP contribution in [0.2, 0.25) is 0 Å². The molecule has 0 aliphatic carbocycles. The van der Waals surface area contributed by atoms with Crippen molar-refractivity contribution < 1.29 is 18.7 Å². The number of nitrogens with two attached hydrogens (primary N) is 2. The van der Waals surface area contributed by atoms with E-state index in [0.29, 0.717) is 19.6 Å². The Labute approximate surface area is 115 Å². The molecule has 0 aromatic rings. The first kappa shape index (κ1) is 14.3. The molecule has 1 atom stereocenters. The molecule has 1 saturated heterocycles. The van der Waals surface area contributed by atoms with Gasteiger partial charge in [-0.1, -0.05) is 0 Å². The second kappa shape index (κ2) is 5.91. The first-order chi connectivity index (χ1) is 9.47. The predicted molar refractivity (Wildman–Crippen MR) is 68.5 cm³/mol. The quantitative estimate of drug-likeness (QED) is 0.479. The number of hydrogen-bond acceptors (Lipinski definition) is 5. The molecule has 0 spiro atoms. The Morgan fingerprint density at radius 2 is 2.20 bits per heavy atom. The molecule has 6 N–H and O–H groups in total. The number of ether oxygens (including phenoxy) is 1. The lowest BCUT2D eigenvalue weighted by atomic mass is 9.98. The van der Waals surface area contributed by atoms with Crippen molar-refractivity contribution in [2.75, 3.05) is 19.8 Å². The minimum Gasteiger partial charge on any atom is -0.381 e. The first-order valence-corrected chi connectivity index (χ1v) is 6.25. The topological polar surface area (TPSA) is 119 Å². The fraction of sp³-hybridized carbons (Fsp3) is 0.500. The lowest BCUT2D eigenvalue weighted by molar-refractivity contribution is -0.121. The summed E-state index contributed by atoms with van der Waals surface area (Å²) in [4.78, 5) is 22.3. The minimum absolute atomic E-state index is 0.0408. The third-order valence-electron chi connectivity index (χ3n) is 3.25. The van der Waals surface area contributed by atoms with Crippen LogP contribution in [0.4, 0.5) is 4.39 Å². The van der Waals surface area contributed by atoms with Gasteiger partial charge < -0.3 is 26.8 Å². The number of halogens is 1. The average molecular weight is 284 g/mol. The molecule has 110 valence electrons. The normalized spacial score (nSPS) is 20.6. The van der Waals surface area contributed by atoms with E-state index in [1.54, 1.807) is 0 Å². The number of carbonyl (C=O) groups is 2. The van der Waals surface area contributed by atoms with Gasteiger partial charge in [0.2, 0.25) is 11.8 Å². The third-order valence-corrected chi connectivity index (χ3v) is 3.25. The van der Waals surface area contributed by atoms with Crippen LogP contribution < -0.4 is 22.1 Å². The number of primary amides is 2. The zero-order valence-electron chi connectivity index (χ0n) is 10.8. The van der Waals surface area contributed by atoms with Gasteiger partial charge in [-0.15, -0.1) is 0 Å². The highest BCUT2D eigenvalue weighted by molar-refractivity contribution is 5.93. The van der Waals surface area contributed by atoms with E-state index in [2.05, 4.69) is 10.6 Å². The molecule has 7 nitrogen and oxygen atoms in total. The van der Waals surface area contributed by atoms with Crippen LogP contribution in [0, 0.1) is 5.92 Å². The van der Waals surface area contributed by atoms with Crippen LogP contribution in [-0.2, 0) is 14.3 Å². The van der Waals surface area contributed by atoms with Gasteiger partial charge in [-0.2, -0.15) is 0 Å². The van der Waals surface area contributed by atoms with Gasteiger partial charge >= 0.3 is 0 Å². The molecule has 2 amide bonds. The van der Waals surface area contributed by atoms with Crippen molar-refractivity contribution >= 4 is 11.8 Å². The van der Waals surface area contributed by atoms with Crippen LogP contribution >= 0.6 is 0 Å². The van der Waals surface area contributed by atoms with E-state index >= 15 is 0 Å². The summed E-state index contributed by atoms with van der Waals surface area (Å²) in [6, 6.07) is -0.694. The minimum atomic E-state index is -0.694. The molecule has 0 radical (unpaired) electrons. The highest BCUT2D eigenvalue weighted by Gasteiger charge is 2.28. The van der Waals surface area contributed by atoms with Gasteiger partial charge in [0.1, 0.15) is 11.9 Å². The van der Waals surface area contributed by atoms with Gasteiger partial charge in [0.25, 0.3) is 0 Å². The van der Waals surface area contributed by atoms with E-state index in [-0.39, 0.29) is 23.9 Å². The molecular weight excluding hydrogens is 267 g/mol. The van der Waals surface area contributed by atoms with Gasteiger partial charge in [0, 0.05) is 18.0 Å². The number of allylic oxidation sites excluding steroid dienone is 2. The second-order valence-electron chi connectivity index (χ2n) is 4.85. The van der Waals surface area contributed by atoms with Crippen LogP contribution in [0.25, 0.3) is 0 Å². The maximum atomic E-state index is 13.8. The molecular formula is C12H17FN4O3. The molecule has 2 aliphatic heterocycles. The Bertz CT molecular complexity index is 485. The summed E-state index contributed by atoms with van der Waals surface area (Å²) in [6.45, 7) is 1.25. The van der Waals surface area contributed by atoms with Crippen LogP contribution in [0.3, 0.4) is 0 Å². The van der Waals surface area contributed by atoms with Crippen molar-refractivity contribution in [3.05, 3.63) is 23.3 Å². The zero-order valence-corrected chi connectivity index (χ0v) is 10.8. The van der Waals surface area contributed by atoms with Crippen molar-refractivity contribution in [3.8, 4) is 0 Å². The van der Waals surface area contributed by atoms with Gasteiger partial charge in [0.15, 0.2) is 5.83 Å². The van der Waals surface area contributed by atoms with Crippen molar-refractivity contribution in [2.45, 2.75) is 12.5 Å². The molecule has 8 heteroatoms. The third kappa shape index (κ3) is 3.27. The maximum Gasteiger partial charge on any atom is 0.246 e. The van der Waals surface area contributed by atoms with E-state index in [1.165, 1.54) is 0 Å². The Morgan fingerprint density at radius 1 is 1.50 bits per heavy atom. The number of amides is 2. The van der Waals surface area contributed by atoms with E-state index in [9.17, 15) is 14.0 Å². The molecule has 0 aromatic carbocycles. The lowest BCUT2D eigenvalue weighted by Gasteiger charge is -2.30. The highest BCUT2D eigenvalue weighted by Crippen LogP contribution is 2.18. The fourth-order valence-corrected chi connectivity index (χ4v) is 2.00. The van der Waals surface area contributed by atoms with Crippen LogP contribution in [0.15, 0.2) is 23.3 Å². The summed E-state index contributed by atoms with van der Waals surface area (Å²) in [5.74, 6) is -1.65. The Morgan fingerprint density at radius 3 is 2.65 bits per heavy atom. The molecule has 0 bridgehead atoms. The van der Waals surface area contributed by atoms with Crippen LogP contribution in [0.1, 0.15) is 6.42 Å². The van der Waals surface area contributed by atoms with E-state index < -0.39 is 23.7 Å². The van der Waals surface area contributed by atoms with Gasteiger partial charge in [0.05, 0.1) is 13.2 Å². The lowest BCUT2D eigenvalue weighted by Crippen LogP contribution is -2.48. The number of hydrogen-bond donors (Lipinski definition) is 4. The van der Waals surface area contributed by atoms with Crippen molar-refractivity contribution in [1.29, 1.82) is 0 Å². The number of dihydropyridines is 1. The van der Waals surface area contributed by atoms with Gasteiger partial charge in [-0.3, -0.25) is 9.59 Å². The summed E-state index contributed by atoms with van der Waals surface area (Å²) in [5, 5.41) is 5.41. The van der Waals surface area contributed by atoms with E-state index in [0.717, 1.165) is 6.08 Å². The molecule has 2 rings (SSSR count). The Balaban J connectivity index is 2.04. The first-order valence-electron chi connectivity index (χ1n) is 6.25. The number of rotatable bonds is 6. The Hall–Kier alpha value is -2.09. The van der Waals surface area contributed by atoms with Gasteiger partial charge in [-0.25, -0.2) is 4.39 Å². The molecule has 0 unspecified atom stereocenters. The monoisotopic (exact) mass is 284 g/mol. The summed E-state index contributed by atoms with van der Waals surface area (Å²) in [6.07, 6.45) is 1.52. The smallest absolute Gasteiger partial charge is 0.246 e. The standard InChI is InChI=1S/C12H17FN4O3/c13-8-2-7(10(14)18)3-16-12(8)17-9(11(15)19)1-6-4-20-5-6/h2,6,9,16-17H,1,3-5H2,(H2,14,18)(H2,15,19)/t9-/m1/s1. The van der Waals surface area contributed by atoms with Crippen molar-refractivity contribution in [2.24, 2.45) is 17.4 Å². The van der Waals surface area contributed by atoms with E-state index in [4.69, 9.17) is 16.2 Å². The van der Waals surface area contributed by atoms with E-state index in [1.807, 2.05) is 0 Å². The fourth-order valence-electron chi connectivity index (χ4n) is 2.00. The average Bonchev–Trinajstić information content (AvgIpc) is 2.33. The Kier molecular flexibility index (Phi) is 4.23. The number of carbonyl (C=O) groups excluding carboxylic acids is 2. The van der Waals surface area contributed by atoms with Crippen molar-refractivity contribution in [1.82, 2.24) is 10.6 Å². The number of nitrogens with one attached hydrogen (secondary N) is 2. The second-order valence-corrected chi connectivity index (χ2v) is 4.85. The molecule has 1 fully saturated rings. The molecule has 0 saturated carbocycles. The molecule has 2 heterocycles. The predicted octanol–water partition coefficient (Wildman–Crippen LogP) is -1.38. The summed E-state index contributed by atoms with van der Waals surface area (Å²) in [7, 11) is 0. The van der Waals surface area contributed by atoms with Crippen LogP contribution in [0.5, 0.6) is 0 Å².